The Morgan fingerprint density at radius 2 is 2.05 bits per heavy atom. The van der Waals surface area contributed by atoms with Crippen LogP contribution in [-0.4, -0.2) is 18.7 Å². The van der Waals surface area contributed by atoms with Gasteiger partial charge in [-0.15, -0.1) is 0 Å². The van der Waals surface area contributed by atoms with Crippen LogP contribution in [0.5, 0.6) is 5.75 Å². The normalized spacial score (nSPS) is 14.5. The zero-order valence-corrected chi connectivity index (χ0v) is 12.1. The van der Waals surface area contributed by atoms with E-state index >= 15 is 0 Å². The minimum atomic E-state index is -4.38. The van der Waals surface area contributed by atoms with Gasteiger partial charge in [-0.05, 0) is 30.0 Å². The first kappa shape index (κ1) is 17.3. The van der Waals surface area contributed by atoms with Crippen LogP contribution in [0.2, 0.25) is 0 Å². The molecule has 1 amide bonds. The molecule has 0 fully saturated rings. The lowest BCUT2D eigenvalue weighted by atomic mass is 9.84. The van der Waals surface area contributed by atoms with Crippen LogP contribution in [-0.2, 0) is 4.79 Å². The maximum absolute atomic E-state index is 12.1. The zero-order valence-electron chi connectivity index (χ0n) is 12.1. The second-order valence-electron chi connectivity index (χ2n) is 5.06. The molecule has 1 rings (SSSR count). The molecule has 118 valence electrons. The molecule has 21 heavy (non-hydrogen) atoms. The molecule has 0 radical (unpaired) electrons. The average molecular weight is 303 g/mol. The van der Waals surface area contributed by atoms with Gasteiger partial charge in [0, 0.05) is 5.92 Å². The number of alkyl halides is 3. The van der Waals surface area contributed by atoms with E-state index in [0.717, 1.165) is 12.0 Å². The Balaban J connectivity index is 2.85. The maximum atomic E-state index is 12.1. The number of carbonyl (C=O) groups excluding carboxylic acids is 1. The van der Waals surface area contributed by atoms with Crippen LogP contribution >= 0.6 is 0 Å². The standard InChI is InChI=1S/C15H20F3NO2/c1-3-5-13(14(19)20)10(2)11-6-4-7-12(8-11)21-9-15(16,17)18/h4,6-8,10,13H,3,5,9H2,1-2H3,(H2,19,20)/t10-,13?/m1/s1. The molecule has 0 aliphatic rings. The number of benzene rings is 1. The quantitative estimate of drug-likeness (QED) is 0.836. The summed E-state index contributed by atoms with van der Waals surface area (Å²) in [6, 6.07) is 6.36. The van der Waals surface area contributed by atoms with Crippen molar-refractivity contribution in [2.45, 2.75) is 38.8 Å². The van der Waals surface area contributed by atoms with E-state index < -0.39 is 18.7 Å². The Morgan fingerprint density at radius 1 is 1.38 bits per heavy atom. The van der Waals surface area contributed by atoms with Crippen LogP contribution in [0.15, 0.2) is 24.3 Å². The molecule has 2 atom stereocenters. The van der Waals surface area contributed by atoms with Crippen molar-refractivity contribution in [1.29, 1.82) is 0 Å². The third-order valence-corrected chi connectivity index (χ3v) is 3.36. The molecule has 3 nitrogen and oxygen atoms in total. The number of halogens is 3. The third kappa shape index (κ3) is 5.65. The van der Waals surface area contributed by atoms with Gasteiger partial charge in [-0.2, -0.15) is 13.2 Å². The summed E-state index contributed by atoms with van der Waals surface area (Å²) in [7, 11) is 0. The molecule has 1 unspecified atom stereocenters. The van der Waals surface area contributed by atoms with Crippen LogP contribution < -0.4 is 10.5 Å². The molecule has 2 N–H and O–H groups in total. The number of ether oxygens (including phenoxy) is 1. The largest absolute Gasteiger partial charge is 0.484 e. The van der Waals surface area contributed by atoms with Gasteiger partial charge < -0.3 is 10.5 Å². The maximum Gasteiger partial charge on any atom is 0.422 e. The van der Waals surface area contributed by atoms with E-state index in [9.17, 15) is 18.0 Å². The highest BCUT2D eigenvalue weighted by Crippen LogP contribution is 2.30. The van der Waals surface area contributed by atoms with Gasteiger partial charge in [-0.1, -0.05) is 32.4 Å². The van der Waals surface area contributed by atoms with Crippen molar-refractivity contribution in [3.05, 3.63) is 29.8 Å². The molecule has 6 heteroatoms. The van der Waals surface area contributed by atoms with Gasteiger partial charge in [-0.25, -0.2) is 0 Å². The molecule has 0 spiro atoms. The van der Waals surface area contributed by atoms with E-state index in [0.29, 0.717) is 6.42 Å². The highest BCUT2D eigenvalue weighted by atomic mass is 19.4. The van der Waals surface area contributed by atoms with Crippen molar-refractivity contribution in [2.24, 2.45) is 11.7 Å². The second kappa shape index (κ2) is 7.33. The van der Waals surface area contributed by atoms with E-state index in [2.05, 4.69) is 0 Å². The Bertz CT molecular complexity index is 474. The van der Waals surface area contributed by atoms with Gasteiger partial charge in [0.25, 0.3) is 0 Å². The van der Waals surface area contributed by atoms with Gasteiger partial charge in [-0.3, -0.25) is 4.79 Å². The van der Waals surface area contributed by atoms with Gasteiger partial charge >= 0.3 is 6.18 Å². The predicted molar refractivity (Wildman–Crippen MR) is 74.0 cm³/mol. The fourth-order valence-corrected chi connectivity index (χ4v) is 2.23. The van der Waals surface area contributed by atoms with Gasteiger partial charge in [0.1, 0.15) is 5.75 Å². The predicted octanol–water partition coefficient (Wildman–Crippen LogP) is 3.63. The van der Waals surface area contributed by atoms with Gasteiger partial charge in [0.15, 0.2) is 6.61 Å². The first-order chi connectivity index (χ1) is 9.74. The Hall–Kier alpha value is -1.72. The van der Waals surface area contributed by atoms with Crippen molar-refractivity contribution < 1.29 is 22.7 Å². The minimum Gasteiger partial charge on any atom is -0.484 e. The number of amides is 1. The molecule has 0 aromatic heterocycles. The van der Waals surface area contributed by atoms with Crippen molar-refractivity contribution in [3.63, 3.8) is 0 Å². The van der Waals surface area contributed by atoms with Gasteiger partial charge in [0.05, 0.1) is 0 Å². The van der Waals surface area contributed by atoms with E-state index in [1.807, 2.05) is 13.8 Å². The highest BCUT2D eigenvalue weighted by molar-refractivity contribution is 5.77. The summed E-state index contributed by atoms with van der Waals surface area (Å²) in [6.07, 6.45) is -2.92. The Labute approximate surface area is 122 Å². The Kier molecular flexibility index (Phi) is 6.05. The average Bonchev–Trinajstić information content (AvgIpc) is 2.41. The summed E-state index contributed by atoms with van der Waals surface area (Å²) in [4.78, 5) is 11.5. The molecule has 0 saturated heterocycles. The van der Waals surface area contributed by atoms with Crippen LogP contribution in [0.3, 0.4) is 0 Å². The lowest BCUT2D eigenvalue weighted by Gasteiger charge is -2.21. The summed E-state index contributed by atoms with van der Waals surface area (Å²) in [5, 5.41) is 0. The summed E-state index contributed by atoms with van der Waals surface area (Å²) in [5.41, 5.74) is 6.14. The summed E-state index contributed by atoms with van der Waals surface area (Å²) >= 11 is 0. The number of carbonyl (C=O) groups is 1. The number of hydrogen-bond donors (Lipinski definition) is 1. The number of hydrogen-bond acceptors (Lipinski definition) is 2. The van der Waals surface area contributed by atoms with Crippen molar-refractivity contribution in [2.75, 3.05) is 6.61 Å². The summed E-state index contributed by atoms with van der Waals surface area (Å²) < 4.78 is 41.2. The molecule has 0 saturated carbocycles. The molecular weight excluding hydrogens is 283 g/mol. The molecule has 1 aromatic carbocycles. The van der Waals surface area contributed by atoms with E-state index in [4.69, 9.17) is 10.5 Å². The lowest BCUT2D eigenvalue weighted by Crippen LogP contribution is -2.27. The molecular formula is C15H20F3NO2. The third-order valence-electron chi connectivity index (χ3n) is 3.36. The molecule has 1 aromatic rings. The first-order valence-corrected chi connectivity index (χ1v) is 6.83. The fraction of sp³-hybridized carbons (Fsp3) is 0.533. The summed E-state index contributed by atoms with van der Waals surface area (Å²) in [5.74, 6) is -0.771. The second-order valence-corrected chi connectivity index (χ2v) is 5.06. The number of nitrogens with two attached hydrogens (primary N) is 1. The smallest absolute Gasteiger partial charge is 0.422 e. The number of primary amides is 1. The van der Waals surface area contributed by atoms with E-state index in [-0.39, 0.29) is 17.6 Å². The molecule has 0 aliphatic carbocycles. The molecule has 0 bridgehead atoms. The summed E-state index contributed by atoms with van der Waals surface area (Å²) in [6.45, 7) is 2.46. The highest BCUT2D eigenvalue weighted by Gasteiger charge is 2.29. The Morgan fingerprint density at radius 3 is 2.57 bits per heavy atom. The van der Waals surface area contributed by atoms with Crippen molar-refractivity contribution >= 4 is 5.91 Å². The van der Waals surface area contributed by atoms with Crippen molar-refractivity contribution in [3.8, 4) is 5.75 Å². The van der Waals surface area contributed by atoms with Gasteiger partial charge in [0.2, 0.25) is 5.91 Å². The monoisotopic (exact) mass is 303 g/mol. The van der Waals surface area contributed by atoms with E-state index in [1.165, 1.54) is 12.1 Å². The lowest BCUT2D eigenvalue weighted by molar-refractivity contribution is -0.153. The number of rotatable bonds is 7. The topological polar surface area (TPSA) is 52.3 Å². The SMILES string of the molecule is CCCC(C(N)=O)[C@H](C)c1cccc(OCC(F)(F)F)c1. The molecule has 0 aliphatic heterocycles. The van der Waals surface area contributed by atoms with Crippen LogP contribution in [0, 0.1) is 5.92 Å². The van der Waals surface area contributed by atoms with Crippen molar-refractivity contribution in [1.82, 2.24) is 0 Å². The minimum absolute atomic E-state index is 0.136. The van der Waals surface area contributed by atoms with Crippen LogP contribution in [0.1, 0.15) is 38.2 Å². The van der Waals surface area contributed by atoms with Crippen LogP contribution in [0.25, 0.3) is 0 Å². The van der Waals surface area contributed by atoms with Crippen LogP contribution in [0.4, 0.5) is 13.2 Å². The zero-order chi connectivity index (χ0) is 16.0. The fourth-order valence-electron chi connectivity index (χ4n) is 2.23. The first-order valence-electron chi connectivity index (χ1n) is 6.83. The van der Waals surface area contributed by atoms with E-state index in [1.54, 1.807) is 12.1 Å². The molecule has 0 heterocycles.